The molecular formula is C11H14NNaO4. The van der Waals surface area contributed by atoms with Gasteiger partial charge in [0.1, 0.15) is 11.8 Å². The van der Waals surface area contributed by atoms with Gasteiger partial charge in [-0.25, -0.2) is 4.79 Å². The molecule has 0 radical (unpaired) electrons. The molecule has 0 spiro atoms. The van der Waals surface area contributed by atoms with Gasteiger partial charge in [-0.3, -0.25) is 4.79 Å². The minimum absolute atomic E-state index is 0. The molecule has 0 aromatic heterocycles. The van der Waals surface area contributed by atoms with Gasteiger partial charge in [0, 0.05) is 13.3 Å². The summed E-state index contributed by atoms with van der Waals surface area (Å²) in [6.45, 7) is 1.27. The Hall–Kier alpha value is -1.04. The third-order valence-electron chi connectivity index (χ3n) is 2.05. The standard InChI is InChI=1S/C11H13NO4.Na.H/c1-7(13)12-10(11(15)16)6-8-2-4-9(14)5-3-8;;/h2-5,10,14H,6H2,1H3,(H,12,13)(H,15,16);;. The van der Waals surface area contributed by atoms with Crippen molar-refractivity contribution in [1.82, 2.24) is 5.32 Å². The van der Waals surface area contributed by atoms with Gasteiger partial charge in [-0.2, -0.15) is 0 Å². The van der Waals surface area contributed by atoms with E-state index in [1.165, 1.54) is 19.1 Å². The Morgan fingerprint density at radius 1 is 1.29 bits per heavy atom. The van der Waals surface area contributed by atoms with Gasteiger partial charge in [0.05, 0.1) is 0 Å². The quantitative estimate of drug-likeness (QED) is 0.647. The summed E-state index contributed by atoms with van der Waals surface area (Å²) in [4.78, 5) is 21.6. The van der Waals surface area contributed by atoms with Crippen LogP contribution in [0, 0.1) is 0 Å². The van der Waals surface area contributed by atoms with Crippen molar-refractivity contribution in [1.29, 1.82) is 0 Å². The van der Waals surface area contributed by atoms with Crippen LogP contribution in [0.4, 0.5) is 0 Å². The van der Waals surface area contributed by atoms with Crippen LogP contribution in [0.5, 0.6) is 5.75 Å². The molecule has 0 saturated heterocycles. The van der Waals surface area contributed by atoms with E-state index in [0.717, 1.165) is 5.56 Å². The predicted molar refractivity (Wildman–Crippen MR) is 64.2 cm³/mol. The Kier molecular flexibility index (Phi) is 6.87. The number of nitrogens with one attached hydrogen (secondary N) is 1. The van der Waals surface area contributed by atoms with Gasteiger partial charge in [0.2, 0.25) is 5.91 Å². The number of hydrogen-bond donors (Lipinski definition) is 3. The first-order valence-electron chi connectivity index (χ1n) is 4.77. The van der Waals surface area contributed by atoms with Crippen molar-refractivity contribution < 1.29 is 19.8 Å². The summed E-state index contributed by atoms with van der Waals surface area (Å²) in [5, 5.41) is 20.3. The summed E-state index contributed by atoms with van der Waals surface area (Å²) in [6.07, 6.45) is 0.190. The molecule has 0 saturated carbocycles. The number of hydrogen-bond acceptors (Lipinski definition) is 3. The van der Waals surface area contributed by atoms with Crippen molar-refractivity contribution in [2.75, 3.05) is 0 Å². The topological polar surface area (TPSA) is 86.6 Å². The van der Waals surface area contributed by atoms with E-state index in [2.05, 4.69) is 5.32 Å². The van der Waals surface area contributed by atoms with E-state index in [1.54, 1.807) is 12.1 Å². The van der Waals surface area contributed by atoms with Crippen LogP contribution in [0.3, 0.4) is 0 Å². The maximum atomic E-state index is 10.8. The summed E-state index contributed by atoms with van der Waals surface area (Å²) in [7, 11) is 0. The van der Waals surface area contributed by atoms with Gasteiger partial charge >= 0.3 is 35.5 Å². The molecule has 0 aliphatic rings. The van der Waals surface area contributed by atoms with Crippen molar-refractivity contribution in [3.8, 4) is 5.75 Å². The van der Waals surface area contributed by atoms with Crippen LogP contribution in [0.25, 0.3) is 0 Å². The molecule has 1 aromatic rings. The SMILES string of the molecule is CC(=O)NC(Cc1ccc(O)cc1)C(=O)O.[NaH]. The molecule has 5 nitrogen and oxygen atoms in total. The molecular weight excluding hydrogens is 233 g/mol. The van der Waals surface area contributed by atoms with Crippen LogP contribution >= 0.6 is 0 Å². The summed E-state index contributed by atoms with van der Waals surface area (Å²) in [5.41, 5.74) is 0.735. The number of phenols is 1. The van der Waals surface area contributed by atoms with E-state index >= 15 is 0 Å². The summed E-state index contributed by atoms with van der Waals surface area (Å²) in [6, 6.07) is 5.24. The van der Waals surface area contributed by atoms with E-state index in [4.69, 9.17) is 10.2 Å². The van der Waals surface area contributed by atoms with Gasteiger partial charge in [0.15, 0.2) is 0 Å². The molecule has 0 fully saturated rings. The van der Waals surface area contributed by atoms with E-state index in [9.17, 15) is 9.59 Å². The molecule has 3 N–H and O–H groups in total. The number of aliphatic carboxylic acids is 1. The Bertz CT molecular complexity index is 391. The van der Waals surface area contributed by atoms with E-state index in [0.29, 0.717) is 0 Å². The van der Waals surface area contributed by atoms with Crippen LogP contribution in [0.15, 0.2) is 24.3 Å². The average Bonchev–Trinajstić information content (AvgIpc) is 2.19. The Morgan fingerprint density at radius 3 is 2.24 bits per heavy atom. The number of carbonyl (C=O) groups excluding carboxylic acids is 1. The molecule has 0 heterocycles. The maximum absolute atomic E-state index is 10.8. The van der Waals surface area contributed by atoms with Gasteiger partial charge in [-0.05, 0) is 17.7 Å². The second-order valence-electron chi connectivity index (χ2n) is 3.46. The van der Waals surface area contributed by atoms with Crippen LogP contribution < -0.4 is 5.32 Å². The average molecular weight is 247 g/mol. The van der Waals surface area contributed by atoms with Crippen LogP contribution in [-0.4, -0.2) is 57.7 Å². The summed E-state index contributed by atoms with van der Waals surface area (Å²) < 4.78 is 0. The zero-order chi connectivity index (χ0) is 12.1. The summed E-state index contributed by atoms with van der Waals surface area (Å²) >= 11 is 0. The van der Waals surface area contributed by atoms with Crippen LogP contribution in [0.1, 0.15) is 12.5 Å². The molecule has 17 heavy (non-hydrogen) atoms. The van der Waals surface area contributed by atoms with Crippen LogP contribution in [0.2, 0.25) is 0 Å². The molecule has 6 heteroatoms. The second kappa shape index (κ2) is 7.32. The number of phenolic OH excluding ortho intramolecular Hbond substituents is 1. The fourth-order valence-electron chi connectivity index (χ4n) is 1.31. The molecule has 1 amide bonds. The van der Waals surface area contributed by atoms with Gasteiger partial charge < -0.3 is 15.5 Å². The zero-order valence-electron chi connectivity index (χ0n) is 8.80. The molecule has 0 aliphatic heterocycles. The molecule has 0 bridgehead atoms. The van der Waals surface area contributed by atoms with Gasteiger partial charge in [0.25, 0.3) is 0 Å². The number of aromatic hydroxyl groups is 1. The van der Waals surface area contributed by atoms with Crippen LogP contribution in [-0.2, 0) is 16.0 Å². The van der Waals surface area contributed by atoms with E-state index in [-0.39, 0.29) is 47.6 Å². The fourth-order valence-corrected chi connectivity index (χ4v) is 1.31. The fraction of sp³-hybridized carbons (Fsp3) is 0.273. The molecule has 1 aromatic carbocycles. The van der Waals surface area contributed by atoms with Crippen molar-refractivity contribution in [2.45, 2.75) is 19.4 Å². The first kappa shape index (κ1) is 16.0. The Balaban J connectivity index is 0.00000256. The first-order chi connectivity index (χ1) is 7.49. The third kappa shape index (κ3) is 5.72. The number of carboxylic acid groups (broad SMARTS) is 1. The molecule has 1 unspecified atom stereocenters. The first-order valence-corrected chi connectivity index (χ1v) is 4.77. The van der Waals surface area contributed by atoms with E-state index < -0.39 is 12.0 Å². The Labute approximate surface area is 121 Å². The van der Waals surface area contributed by atoms with Crippen molar-refractivity contribution in [2.24, 2.45) is 0 Å². The number of carboxylic acids is 1. The molecule has 1 atom stereocenters. The minimum atomic E-state index is -1.08. The number of benzene rings is 1. The van der Waals surface area contributed by atoms with E-state index in [1.807, 2.05) is 0 Å². The summed E-state index contributed by atoms with van der Waals surface area (Å²) in [5.74, 6) is -1.34. The number of rotatable bonds is 4. The number of carbonyl (C=O) groups is 2. The number of amides is 1. The second-order valence-corrected chi connectivity index (χ2v) is 3.46. The van der Waals surface area contributed by atoms with Gasteiger partial charge in [-0.15, -0.1) is 0 Å². The normalized spacial score (nSPS) is 11.1. The van der Waals surface area contributed by atoms with Crippen molar-refractivity contribution in [3.05, 3.63) is 29.8 Å². The Morgan fingerprint density at radius 2 is 1.82 bits per heavy atom. The zero-order valence-corrected chi connectivity index (χ0v) is 8.80. The van der Waals surface area contributed by atoms with Crippen molar-refractivity contribution >= 4 is 41.4 Å². The van der Waals surface area contributed by atoms with Gasteiger partial charge in [-0.1, -0.05) is 12.1 Å². The molecule has 88 valence electrons. The molecule has 1 rings (SSSR count). The van der Waals surface area contributed by atoms with Crippen molar-refractivity contribution in [3.63, 3.8) is 0 Å². The molecule has 0 aliphatic carbocycles. The monoisotopic (exact) mass is 247 g/mol. The predicted octanol–water partition coefficient (Wildman–Crippen LogP) is -0.125. The third-order valence-corrected chi connectivity index (χ3v) is 2.05.